The molecule has 9 nitrogen and oxygen atoms in total. The number of phenolic OH excluding ortho intramolecular Hbond substituents is 1. The number of piperazine rings is 1. The fourth-order valence-electron chi connectivity index (χ4n) is 5.33. The molecule has 214 valence electrons. The van der Waals surface area contributed by atoms with Crippen LogP contribution in [0.3, 0.4) is 0 Å². The van der Waals surface area contributed by atoms with Gasteiger partial charge in [0, 0.05) is 50.2 Å². The number of hydrogen-bond acceptors (Lipinski definition) is 7. The number of imidazole rings is 1. The van der Waals surface area contributed by atoms with Crippen molar-refractivity contribution in [1.29, 1.82) is 0 Å². The number of H-pyrrole nitrogens is 1. The maximum atomic E-state index is 13.4. The van der Waals surface area contributed by atoms with Crippen LogP contribution < -0.4 is 10.1 Å². The Balaban J connectivity index is 1.19. The summed E-state index contributed by atoms with van der Waals surface area (Å²) in [4.78, 5) is 30.5. The SMILES string of the molecule is COc1ncccc1-c1ccc(O)c(-c2nc3cccc(C(=O)Nc4ccc(CCN5CCN(C)CC5)cc4)c3[nH]2)c1. The molecule has 0 saturated carbocycles. The summed E-state index contributed by atoms with van der Waals surface area (Å²) in [5.41, 5.74) is 5.79. The van der Waals surface area contributed by atoms with Crippen LogP contribution in [-0.4, -0.2) is 82.6 Å². The zero-order chi connectivity index (χ0) is 29.1. The van der Waals surface area contributed by atoms with Crippen molar-refractivity contribution >= 4 is 22.6 Å². The van der Waals surface area contributed by atoms with E-state index in [9.17, 15) is 9.90 Å². The van der Waals surface area contributed by atoms with Gasteiger partial charge in [-0.25, -0.2) is 9.97 Å². The smallest absolute Gasteiger partial charge is 0.257 e. The van der Waals surface area contributed by atoms with Crippen LogP contribution in [0, 0.1) is 0 Å². The number of benzene rings is 3. The number of fused-ring (bicyclic) bond motifs is 1. The molecule has 3 N–H and O–H groups in total. The second-order valence-electron chi connectivity index (χ2n) is 10.6. The zero-order valence-electron chi connectivity index (χ0n) is 23.8. The Labute approximate surface area is 244 Å². The topological polar surface area (TPSA) is 107 Å². The maximum absolute atomic E-state index is 13.4. The van der Waals surface area contributed by atoms with Gasteiger partial charge in [-0.2, -0.15) is 0 Å². The summed E-state index contributed by atoms with van der Waals surface area (Å²) >= 11 is 0. The van der Waals surface area contributed by atoms with Gasteiger partial charge >= 0.3 is 0 Å². The molecule has 1 amide bonds. The maximum Gasteiger partial charge on any atom is 0.257 e. The minimum absolute atomic E-state index is 0.0689. The lowest BCUT2D eigenvalue weighted by atomic mass is 10.0. The predicted molar refractivity (Wildman–Crippen MR) is 165 cm³/mol. The van der Waals surface area contributed by atoms with Gasteiger partial charge in [-0.15, -0.1) is 0 Å². The molecule has 0 atom stereocenters. The number of phenols is 1. The van der Waals surface area contributed by atoms with E-state index in [0.717, 1.165) is 56.0 Å². The number of pyridine rings is 1. The molecule has 1 fully saturated rings. The number of nitrogens with zero attached hydrogens (tertiary/aromatic N) is 4. The molecule has 3 heterocycles. The molecule has 2 aromatic heterocycles. The number of ether oxygens (including phenoxy) is 1. The Morgan fingerprint density at radius 2 is 1.81 bits per heavy atom. The fourth-order valence-corrected chi connectivity index (χ4v) is 5.33. The average molecular weight is 563 g/mol. The first-order valence-corrected chi connectivity index (χ1v) is 14.1. The van der Waals surface area contributed by atoms with Crippen molar-refractivity contribution in [2.45, 2.75) is 6.42 Å². The molecule has 0 radical (unpaired) electrons. The van der Waals surface area contributed by atoms with Gasteiger partial charge < -0.3 is 29.9 Å². The summed E-state index contributed by atoms with van der Waals surface area (Å²) in [6.45, 7) is 5.48. The minimum atomic E-state index is -0.237. The number of likely N-dealkylation sites (N-methyl/N-ethyl adjacent to an activating group) is 1. The monoisotopic (exact) mass is 562 g/mol. The van der Waals surface area contributed by atoms with Crippen LogP contribution in [0.15, 0.2) is 79.0 Å². The van der Waals surface area contributed by atoms with Crippen LogP contribution in [-0.2, 0) is 6.42 Å². The van der Waals surface area contributed by atoms with E-state index in [-0.39, 0.29) is 11.7 Å². The van der Waals surface area contributed by atoms with Gasteiger partial charge in [0.1, 0.15) is 11.6 Å². The molecule has 3 aromatic carbocycles. The molecular formula is C33H34N6O3. The molecule has 1 aliphatic heterocycles. The molecule has 0 spiro atoms. The van der Waals surface area contributed by atoms with Gasteiger partial charge in [0.05, 0.1) is 29.3 Å². The van der Waals surface area contributed by atoms with Crippen LogP contribution in [0.2, 0.25) is 0 Å². The highest BCUT2D eigenvalue weighted by Crippen LogP contribution is 2.36. The Hall–Kier alpha value is -4.73. The first-order valence-electron chi connectivity index (χ1n) is 14.1. The van der Waals surface area contributed by atoms with Gasteiger partial charge in [-0.1, -0.05) is 24.3 Å². The number of methoxy groups -OCH3 is 1. The first-order chi connectivity index (χ1) is 20.5. The third-order valence-corrected chi connectivity index (χ3v) is 7.81. The molecule has 42 heavy (non-hydrogen) atoms. The Morgan fingerprint density at radius 3 is 2.60 bits per heavy atom. The molecule has 9 heteroatoms. The second kappa shape index (κ2) is 12.0. The fraction of sp³-hybridized carbons (Fsp3) is 0.242. The Morgan fingerprint density at radius 1 is 1.00 bits per heavy atom. The van der Waals surface area contributed by atoms with E-state index in [2.05, 4.69) is 44.3 Å². The normalized spacial score (nSPS) is 14.2. The average Bonchev–Trinajstić information content (AvgIpc) is 3.46. The van der Waals surface area contributed by atoms with Crippen LogP contribution in [0.4, 0.5) is 5.69 Å². The first kappa shape index (κ1) is 27.4. The third kappa shape index (κ3) is 5.83. The van der Waals surface area contributed by atoms with Crippen molar-refractivity contribution in [2.75, 3.05) is 52.2 Å². The largest absolute Gasteiger partial charge is 0.507 e. The second-order valence-corrected chi connectivity index (χ2v) is 10.6. The number of aromatic amines is 1. The van der Waals surface area contributed by atoms with E-state index >= 15 is 0 Å². The van der Waals surface area contributed by atoms with Crippen molar-refractivity contribution in [3.63, 3.8) is 0 Å². The number of hydrogen-bond donors (Lipinski definition) is 3. The van der Waals surface area contributed by atoms with Crippen LogP contribution >= 0.6 is 0 Å². The lowest BCUT2D eigenvalue weighted by Crippen LogP contribution is -2.45. The van der Waals surface area contributed by atoms with Crippen LogP contribution in [0.1, 0.15) is 15.9 Å². The highest BCUT2D eigenvalue weighted by Gasteiger charge is 2.18. The number of para-hydroxylation sites is 1. The van der Waals surface area contributed by atoms with Gasteiger partial charge in [0.15, 0.2) is 0 Å². The predicted octanol–water partition coefficient (Wildman–Crippen LogP) is 5.05. The van der Waals surface area contributed by atoms with Gasteiger partial charge in [-0.3, -0.25) is 4.79 Å². The van der Waals surface area contributed by atoms with Crippen LogP contribution in [0.25, 0.3) is 33.5 Å². The number of rotatable bonds is 8. The quantitative estimate of drug-likeness (QED) is 0.243. The van der Waals surface area contributed by atoms with E-state index in [1.54, 1.807) is 37.6 Å². The minimum Gasteiger partial charge on any atom is -0.507 e. The summed E-state index contributed by atoms with van der Waals surface area (Å²) < 4.78 is 5.42. The summed E-state index contributed by atoms with van der Waals surface area (Å²) in [5.74, 6) is 0.774. The number of aromatic hydroxyl groups is 1. The summed E-state index contributed by atoms with van der Waals surface area (Å²) in [5, 5.41) is 13.7. The number of carbonyl (C=O) groups excluding carboxylic acids is 1. The zero-order valence-corrected chi connectivity index (χ0v) is 23.8. The number of aromatic nitrogens is 3. The number of carbonyl (C=O) groups is 1. The number of nitrogens with one attached hydrogen (secondary N) is 2. The molecular weight excluding hydrogens is 528 g/mol. The molecule has 1 aliphatic rings. The van der Waals surface area contributed by atoms with Gasteiger partial charge in [-0.05, 0) is 73.1 Å². The molecule has 0 bridgehead atoms. The van der Waals surface area contributed by atoms with Crippen LogP contribution in [0.5, 0.6) is 11.6 Å². The Bertz CT molecular complexity index is 1710. The highest BCUT2D eigenvalue weighted by atomic mass is 16.5. The molecule has 0 unspecified atom stereocenters. The van der Waals surface area contributed by atoms with E-state index < -0.39 is 0 Å². The van der Waals surface area contributed by atoms with Crippen molar-refractivity contribution in [1.82, 2.24) is 24.8 Å². The summed E-state index contributed by atoms with van der Waals surface area (Å²) in [6.07, 6.45) is 2.65. The van der Waals surface area contributed by atoms with Crippen molar-refractivity contribution in [3.8, 4) is 34.1 Å². The third-order valence-electron chi connectivity index (χ3n) is 7.81. The Kier molecular flexibility index (Phi) is 7.85. The molecule has 1 saturated heterocycles. The van der Waals surface area contributed by atoms with Crippen molar-refractivity contribution in [2.24, 2.45) is 0 Å². The molecule has 0 aliphatic carbocycles. The van der Waals surface area contributed by atoms with Crippen molar-refractivity contribution < 1.29 is 14.6 Å². The van der Waals surface area contributed by atoms with E-state index in [1.807, 2.05) is 36.4 Å². The van der Waals surface area contributed by atoms with E-state index in [0.29, 0.717) is 33.9 Å². The highest BCUT2D eigenvalue weighted by molar-refractivity contribution is 6.11. The van der Waals surface area contributed by atoms with E-state index in [4.69, 9.17) is 9.72 Å². The summed E-state index contributed by atoms with van der Waals surface area (Å²) in [6, 6.07) is 22.5. The van der Waals surface area contributed by atoms with Gasteiger partial charge in [0.2, 0.25) is 5.88 Å². The molecule has 5 aromatic rings. The molecule has 6 rings (SSSR count). The number of anilines is 1. The number of amides is 1. The lowest BCUT2D eigenvalue weighted by molar-refractivity contribution is 0.102. The standard InChI is InChI=1S/C33H34N6O3/c1-38-17-19-39(20-18-38)16-14-22-8-11-24(12-9-22)35-32(41)26-5-3-7-28-30(26)37-31(36-28)27-21-23(10-13-29(27)40)25-6-4-15-34-33(25)42-2/h3-13,15,21,40H,14,16-20H2,1-2H3,(H,35,41)(H,36,37). The van der Waals surface area contributed by atoms with Crippen molar-refractivity contribution in [3.05, 3.63) is 90.1 Å². The van der Waals surface area contributed by atoms with Gasteiger partial charge in [0.25, 0.3) is 5.91 Å². The van der Waals surface area contributed by atoms with E-state index in [1.165, 1.54) is 5.56 Å². The lowest BCUT2D eigenvalue weighted by Gasteiger charge is -2.32. The summed E-state index contributed by atoms with van der Waals surface area (Å²) in [7, 11) is 3.74.